The van der Waals surface area contributed by atoms with Crippen LogP contribution in [0.15, 0.2) is 0 Å². The van der Waals surface area contributed by atoms with Gasteiger partial charge in [0, 0.05) is 0 Å². The molecule has 0 bridgehead atoms. The SMILES string of the molecule is CS[CH]1CC[C]([Si](C(C)C)(C(C)C)C(C)C)=[In]1. The van der Waals surface area contributed by atoms with E-state index >= 15 is 0 Å². The average molecular weight is 372 g/mol. The molecule has 0 amide bonds. The summed E-state index contributed by atoms with van der Waals surface area (Å²) in [7, 11) is -1.16. The van der Waals surface area contributed by atoms with E-state index in [1.54, 1.807) is 0 Å². The first-order valence-electron chi connectivity index (χ1n) is 7.11. The van der Waals surface area contributed by atoms with Crippen molar-refractivity contribution in [1.29, 1.82) is 0 Å². The summed E-state index contributed by atoms with van der Waals surface area (Å²) in [6.45, 7) is 15.1. The maximum absolute atomic E-state index is 2.52. The molecular formula is C14H29InSSi. The van der Waals surface area contributed by atoms with E-state index in [0.717, 1.165) is 19.6 Å². The van der Waals surface area contributed by atoms with Gasteiger partial charge in [-0.05, 0) is 0 Å². The molecule has 0 aliphatic carbocycles. The molecule has 1 heterocycles. The van der Waals surface area contributed by atoms with E-state index in [2.05, 4.69) is 62.4 Å². The van der Waals surface area contributed by atoms with Gasteiger partial charge in [0.05, 0.1) is 0 Å². The van der Waals surface area contributed by atoms with Gasteiger partial charge in [0.1, 0.15) is 0 Å². The molecule has 0 fully saturated rings. The van der Waals surface area contributed by atoms with Crippen molar-refractivity contribution in [3.05, 3.63) is 0 Å². The normalized spacial score (nSPS) is 21.3. The first-order chi connectivity index (χ1) is 7.87. The van der Waals surface area contributed by atoms with Crippen LogP contribution in [0.2, 0.25) is 16.6 Å². The molecule has 0 spiro atoms. The second-order valence-electron chi connectivity index (χ2n) is 6.40. The van der Waals surface area contributed by atoms with Crippen molar-refractivity contribution in [2.24, 2.45) is 0 Å². The van der Waals surface area contributed by atoms with Crippen LogP contribution in [0.5, 0.6) is 0 Å². The predicted octanol–water partition coefficient (Wildman–Crippen LogP) is 4.56. The van der Waals surface area contributed by atoms with E-state index in [1.165, 1.54) is 12.8 Å². The molecule has 0 N–H and O–H groups in total. The Hall–Kier alpha value is 1.31. The standard InChI is InChI=1S/C14H29SSi.In/c1-12(2)16(13(3)4,14(5)6)11-9-8-10-15-7;/h10,12-14H,8-9H2,1-7H3;. The Balaban J connectivity index is 3.15. The topological polar surface area (TPSA) is 0 Å². The van der Waals surface area contributed by atoms with E-state index in [4.69, 9.17) is 0 Å². The zero-order valence-corrected chi connectivity index (χ0v) is 17.8. The molecule has 1 unspecified atom stereocenters. The van der Waals surface area contributed by atoms with Gasteiger partial charge in [-0.25, -0.2) is 0 Å². The molecule has 1 aliphatic rings. The van der Waals surface area contributed by atoms with Crippen LogP contribution < -0.4 is 0 Å². The quantitative estimate of drug-likeness (QED) is 0.638. The number of rotatable bonds is 5. The Morgan fingerprint density at radius 2 is 1.53 bits per heavy atom. The van der Waals surface area contributed by atoms with Crippen LogP contribution in [0.4, 0.5) is 0 Å². The number of thioether (sulfide) groups is 1. The van der Waals surface area contributed by atoms with Crippen molar-refractivity contribution in [3.8, 4) is 0 Å². The van der Waals surface area contributed by atoms with Crippen LogP contribution in [0, 0.1) is 0 Å². The second-order valence-corrected chi connectivity index (χ2v) is 21.7. The van der Waals surface area contributed by atoms with Crippen LogP contribution in [-0.2, 0) is 0 Å². The Labute approximate surface area is 125 Å². The third-order valence-corrected chi connectivity index (χ3v) is 25.4. The Morgan fingerprint density at radius 1 is 1.06 bits per heavy atom. The van der Waals surface area contributed by atoms with E-state index in [-0.39, 0.29) is 0 Å². The van der Waals surface area contributed by atoms with Gasteiger partial charge in [0.2, 0.25) is 0 Å². The van der Waals surface area contributed by atoms with Gasteiger partial charge in [-0.2, -0.15) is 0 Å². The third kappa shape index (κ3) is 3.08. The third-order valence-electron chi connectivity index (χ3n) is 4.81. The zero-order chi connectivity index (χ0) is 13.2. The monoisotopic (exact) mass is 372 g/mol. The van der Waals surface area contributed by atoms with Crippen LogP contribution in [0.3, 0.4) is 0 Å². The van der Waals surface area contributed by atoms with Gasteiger partial charge < -0.3 is 0 Å². The fraction of sp³-hybridized carbons (Fsp3) is 0.929. The second kappa shape index (κ2) is 6.65. The summed E-state index contributed by atoms with van der Waals surface area (Å²) in [5.41, 5.74) is 2.85. The van der Waals surface area contributed by atoms with Gasteiger partial charge in [-0.1, -0.05) is 0 Å². The summed E-state index contributed by atoms with van der Waals surface area (Å²) in [6.07, 6.45) is 5.38. The van der Waals surface area contributed by atoms with Crippen molar-refractivity contribution in [1.82, 2.24) is 0 Å². The summed E-state index contributed by atoms with van der Waals surface area (Å²) >= 11 is 1.76. The molecule has 0 saturated carbocycles. The van der Waals surface area contributed by atoms with E-state index < -0.39 is 30.5 Å². The molecule has 0 nitrogen and oxygen atoms in total. The number of hydrogen-bond acceptors (Lipinski definition) is 1. The van der Waals surface area contributed by atoms with Gasteiger partial charge >= 0.3 is 125 Å². The van der Waals surface area contributed by atoms with Crippen molar-refractivity contribution in [3.63, 3.8) is 0 Å². The molecule has 1 aliphatic heterocycles. The molecule has 1 atom stereocenters. The Bertz CT molecular complexity index is 262. The van der Waals surface area contributed by atoms with Crippen molar-refractivity contribution >= 4 is 45.1 Å². The number of hydrogen-bond donors (Lipinski definition) is 0. The molecule has 98 valence electrons. The molecule has 1 rings (SSSR count). The molecule has 3 heteroatoms. The van der Waals surface area contributed by atoms with Crippen molar-refractivity contribution in [2.75, 3.05) is 6.26 Å². The fourth-order valence-electron chi connectivity index (χ4n) is 4.35. The molecule has 0 aromatic rings. The van der Waals surface area contributed by atoms with E-state index in [9.17, 15) is 0 Å². The van der Waals surface area contributed by atoms with Crippen LogP contribution >= 0.6 is 11.8 Å². The van der Waals surface area contributed by atoms with E-state index in [1.807, 2.05) is 0 Å². The van der Waals surface area contributed by atoms with Gasteiger partial charge in [0.15, 0.2) is 0 Å². The zero-order valence-electron chi connectivity index (χ0n) is 12.7. The van der Waals surface area contributed by atoms with Crippen molar-refractivity contribution in [2.45, 2.75) is 74.0 Å². The van der Waals surface area contributed by atoms with Crippen molar-refractivity contribution < 1.29 is 0 Å². The summed E-state index contributed by atoms with van der Waals surface area (Å²) in [5, 5.41) is 0. The molecule has 0 saturated heterocycles. The summed E-state index contributed by atoms with van der Waals surface area (Å²) < 4.78 is 3.32. The first-order valence-corrected chi connectivity index (χ1v) is 14.2. The molecule has 0 aromatic carbocycles. The molecule has 17 heavy (non-hydrogen) atoms. The van der Waals surface area contributed by atoms with Gasteiger partial charge in [0.25, 0.3) is 0 Å². The fourth-order valence-corrected chi connectivity index (χ4v) is 30.6. The maximum atomic E-state index is 2.52. The van der Waals surface area contributed by atoms with Gasteiger partial charge in [-0.3, -0.25) is 0 Å². The molecule has 0 aromatic heterocycles. The summed E-state index contributed by atoms with van der Waals surface area (Å²) in [6, 6.07) is 0. The van der Waals surface area contributed by atoms with Crippen LogP contribution in [0.25, 0.3) is 0 Å². The summed E-state index contributed by atoms with van der Waals surface area (Å²) in [4.78, 5) is 0. The summed E-state index contributed by atoms with van der Waals surface area (Å²) in [5.74, 6) is 0. The Kier molecular flexibility index (Phi) is 6.40. The van der Waals surface area contributed by atoms with Crippen LogP contribution in [0.1, 0.15) is 54.4 Å². The Morgan fingerprint density at radius 3 is 1.82 bits per heavy atom. The van der Waals surface area contributed by atoms with Crippen LogP contribution in [-0.4, -0.2) is 42.6 Å². The molecular weight excluding hydrogens is 343 g/mol. The average Bonchev–Trinajstić information content (AvgIpc) is 2.65. The first kappa shape index (κ1) is 16.4. The molecule has 0 radical (unpaired) electrons. The minimum atomic E-state index is -1.16. The minimum absolute atomic E-state index is 0.418. The van der Waals surface area contributed by atoms with Gasteiger partial charge in [-0.15, -0.1) is 0 Å². The van der Waals surface area contributed by atoms with E-state index in [0.29, 0.717) is 0 Å². The predicted molar refractivity (Wildman–Crippen MR) is 88.3 cm³/mol.